The van der Waals surface area contributed by atoms with Crippen molar-refractivity contribution >= 4 is 28.2 Å². The van der Waals surface area contributed by atoms with E-state index in [2.05, 4.69) is 11.1 Å². The van der Waals surface area contributed by atoms with Crippen molar-refractivity contribution in [1.82, 2.24) is 9.55 Å². The van der Waals surface area contributed by atoms with E-state index < -0.39 is 0 Å². The number of hydrogen-bond acceptors (Lipinski definition) is 2. The molecule has 2 aromatic heterocycles. The maximum atomic E-state index is 15.7. The molecule has 2 nitrogen and oxygen atoms in total. The van der Waals surface area contributed by atoms with Gasteiger partial charge in [-0.25, -0.2) is 9.37 Å². The van der Waals surface area contributed by atoms with Crippen molar-refractivity contribution in [3.63, 3.8) is 0 Å². The van der Waals surface area contributed by atoms with Gasteiger partial charge in [0, 0.05) is 22.2 Å². The SMILES string of the molecule is CSC1=CCC=C(c2nc3ccccc3c(-n3cccc3C)c2F)C=C1. The maximum absolute atomic E-state index is 15.7. The molecule has 4 heteroatoms. The average Bonchev–Trinajstić information content (AvgIpc) is 2.93. The Labute approximate surface area is 156 Å². The minimum Gasteiger partial charge on any atom is -0.318 e. The second-order valence-corrected chi connectivity index (χ2v) is 7.08. The van der Waals surface area contributed by atoms with Crippen molar-refractivity contribution in [2.45, 2.75) is 13.3 Å². The quantitative estimate of drug-likeness (QED) is 0.563. The van der Waals surface area contributed by atoms with E-state index in [1.807, 2.05) is 78.6 Å². The maximum Gasteiger partial charge on any atom is 0.174 e. The molecular formula is C22H19FN2S. The molecule has 0 atom stereocenters. The summed E-state index contributed by atoms with van der Waals surface area (Å²) >= 11 is 1.69. The molecule has 0 aliphatic heterocycles. The lowest BCUT2D eigenvalue weighted by Gasteiger charge is -2.15. The summed E-state index contributed by atoms with van der Waals surface area (Å²) in [7, 11) is 0. The van der Waals surface area contributed by atoms with E-state index in [1.54, 1.807) is 11.8 Å². The monoisotopic (exact) mass is 362 g/mol. The van der Waals surface area contributed by atoms with E-state index in [-0.39, 0.29) is 5.82 Å². The van der Waals surface area contributed by atoms with Crippen LogP contribution in [0.4, 0.5) is 4.39 Å². The third-order valence-corrected chi connectivity index (χ3v) is 5.37. The zero-order valence-corrected chi connectivity index (χ0v) is 15.6. The molecule has 0 spiro atoms. The van der Waals surface area contributed by atoms with Gasteiger partial charge in [0.25, 0.3) is 0 Å². The van der Waals surface area contributed by atoms with Crippen LogP contribution < -0.4 is 0 Å². The highest BCUT2D eigenvalue weighted by molar-refractivity contribution is 8.02. The lowest BCUT2D eigenvalue weighted by Crippen LogP contribution is -2.05. The first-order chi connectivity index (χ1) is 12.7. The number of hydrogen-bond donors (Lipinski definition) is 0. The van der Waals surface area contributed by atoms with E-state index in [9.17, 15) is 0 Å². The van der Waals surface area contributed by atoms with Gasteiger partial charge in [-0.1, -0.05) is 36.4 Å². The molecule has 1 aliphatic rings. The van der Waals surface area contributed by atoms with Crippen LogP contribution in [-0.2, 0) is 0 Å². The zero-order chi connectivity index (χ0) is 18.1. The van der Waals surface area contributed by atoms with Crippen LogP contribution >= 0.6 is 11.8 Å². The van der Waals surface area contributed by atoms with Crippen LogP contribution in [0.3, 0.4) is 0 Å². The van der Waals surface area contributed by atoms with E-state index in [0.717, 1.165) is 28.6 Å². The van der Waals surface area contributed by atoms with Gasteiger partial charge in [-0.3, -0.25) is 0 Å². The number of benzene rings is 1. The largest absolute Gasteiger partial charge is 0.318 e. The number of para-hydroxylation sites is 1. The van der Waals surface area contributed by atoms with Crippen LogP contribution in [0.1, 0.15) is 17.8 Å². The van der Waals surface area contributed by atoms with Crippen molar-refractivity contribution in [3.8, 4) is 5.69 Å². The number of fused-ring (bicyclic) bond motifs is 1. The Balaban J connectivity index is 1.97. The number of nitrogens with zero attached hydrogens (tertiary/aromatic N) is 2. The summed E-state index contributed by atoms with van der Waals surface area (Å²) in [5.74, 6) is -0.286. The topological polar surface area (TPSA) is 17.8 Å². The van der Waals surface area contributed by atoms with Crippen LogP contribution in [0.2, 0.25) is 0 Å². The molecule has 4 rings (SSSR count). The van der Waals surface area contributed by atoms with Crippen LogP contribution in [0.25, 0.3) is 22.2 Å². The molecule has 0 unspecified atom stereocenters. The van der Waals surface area contributed by atoms with Gasteiger partial charge < -0.3 is 4.57 Å². The highest BCUT2D eigenvalue weighted by Gasteiger charge is 2.19. The fourth-order valence-corrected chi connectivity index (χ4v) is 3.72. The molecule has 0 fully saturated rings. The summed E-state index contributed by atoms with van der Waals surface area (Å²) in [6.45, 7) is 1.98. The van der Waals surface area contributed by atoms with E-state index in [1.165, 1.54) is 4.91 Å². The molecule has 2 heterocycles. The predicted molar refractivity (Wildman–Crippen MR) is 109 cm³/mol. The molecule has 0 amide bonds. The van der Waals surface area contributed by atoms with Crippen LogP contribution in [0.15, 0.2) is 71.8 Å². The fraction of sp³-hybridized carbons (Fsp3) is 0.136. The first kappa shape index (κ1) is 16.9. The lowest BCUT2D eigenvalue weighted by atomic mass is 10.1. The predicted octanol–water partition coefficient (Wildman–Crippen LogP) is 6.06. The minimum atomic E-state index is -0.286. The second-order valence-electron chi connectivity index (χ2n) is 6.20. The van der Waals surface area contributed by atoms with Crippen molar-refractivity contribution < 1.29 is 4.39 Å². The van der Waals surface area contributed by atoms with Crippen molar-refractivity contribution in [1.29, 1.82) is 0 Å². The molecule has 1 aliphatic carbocycles. The Hall–Kier alpha value is -2.59. The molecular weight excluding hydrogens is 343 g/mol. The Bertz CT molecular complexity index is 1070. The zero-order valence-electron chi connectivity index (χ0n) is 14.7. The molecule has 0 saturated carbocycles. The second kappa shape index (κ2) is 6.96. The van der Waals surface area contributed by atoms with E-state index in [4.69, 9.17) is 0 Å². The summed E-state index contributed by atoms with van der Waals surface area (Å²) in [6, 6.07) is 11.6. The van der Waals surface area contributed by atoms with Crippen molar-refractivity contribution in [2.75, 3.05) is 6.26 Å². The van der Waals surface area contributed by atoms with E-state index in [0.29, 0.717) is 11.4 Å². The van der Waals surface area contributed by atoms with Crippen LogP contribution in [0.5, 0.6) is 0 Å². The third kappa shape index (κ3) is 2.90. The molecule has 0 N–H and O–H groups in total. The Morgan fingerprint density at radius 1 is 1.08 bits per heavy atom. The fourth-order valence-electron chi connectivity index (χ4n) is 3.25. The summed E-state index contributed by atoms with van der Waals surface area (Å²) in [5.41, 5.74) is 3.56. The highest BCUT2D eigenvalue weighted by atomic mass is 32.2. The number of pyridine rings is 1. The van der Waals surface area contributed by atoms with Gasteiger partial charge in [0.05, 0.1) is 11.2 Å². The Morgan fingerprint density at radius 3 is 2.69 bits per heavy atom. The van der Waals surface area contributed by atoms with Gasteiger partial charge >= 0.3 is 0 Å². The number of aromatic nitrogens is 2. The van der Waals surface area contributed by atoms with Gasteiger partial charge in [-0.15, -0.1) is 11.8 Å². The van der Waals surface area contributed by atoms with Crippen molar-refractivity contribution in [2.24, 2.45) is 0 Å². The lowest BCUT2D eigenvalue weighted by molar-refractivity contribution is 0.610. The van der Waals surface area contributed by atoms with Gasteiger partial charge in [-0.2, -0.15) is 0 Å². The molecule has 0 saturated heterocycles. The third-order valence-electron chi connectivity index (χ3n) is 4.59. The molecule has 0 bridgehead atoms. The summed E-state index contributed by atoms with van der Waals surface area (Å²) in [6.07, 6.45) is 12.9. The van der Waals surface area contributed by atoms with Crippen molar-refractivity contribution in [3.05, 3.63) is 89.0 Å². The number of thioether (sulfide) groups is 1. The molecule has 26 heavy (non-hydrogen) atoms. The normalized spacial score (nSPS) is 14.3. The van der Waals surface area contributed by atoms with Crippen LogP contribution in [0, 0.1) is 12.7 Å². The Morgan fingerprint density at radius 2 is 1.92 bits per heavy atom. The van der Waals surface area contributed by atoms with E-state index >= 15 is 4.39 Å². The Kier molecular flexibility index (Phi) is 4.51. The summed E-state index contributed by atoms with van der Waals surface area (Å²) in [4.78, 5) is 5.83. The first-order valence-corrected chi connectivity index (χ1v) is 9.77. The van der Waals surface area contributed by atoms with Gasteiger partial charge in [0.15, 0.2) is 5.82 Å². The smallest absolute Gasteiger partial charge is 0.174 e. The van der Waals surface area contributed by atoms with Gasteiger partial charge in [0.2, 0.25) is 0 Å². The molecule has 1 aromatic carbocycles. The molecule has 3 aromatic rings. The standard InChI is InChI=1S/C22H19FN2S/c1-15-7-6-14-25(15)22-18-10-3-4-11-19(18)24-21(20(22)23)16-8-5-9-17(26-2)13-12-16/h3-4,6-14H,5H2,1-2H3. The van der Waals surface area contributed by atoms with Gasteiger partial charge in [0.1, 0.15) is 5.69 Å². The molecule has 130 valence electrons. The highest BCUT2D eigenvalue weighted by Crippen LogP contribution is 2.32. The first-order valence-electron chi connectivity index (χ1n) is 8.54. The number of halogens is 1. The number of rotatable bonds is 3. The molecule has 0 radical (unpaired) electrons. The minimum absolute atomic E-state index is 0.286. The van der Waals surface area contributed by atoms with Gasteiger partial charge in [-0.05, 0) is 49.4 Å². The summed E-state index contributed by atoms with van der Waals surface area (Å²) < 4.78 is 17.6. The summed E-state index contributed by atoms with van der Waals surface area (Å²) in [5, 5.41) is 0.814. The number of allylic oxidation sites excluding steroid dienone is 5. The number of aryl methyl sites for hydroxylation is 1. The van der Waals surface area contributed by atoms with Crippen LogP contribution in [-0.4, -0.2) is 15.8 Å². The average molecular weight is 362 g/mol.